The fraction of sp³-hybridized carbons (Fsp3) is 0.283. The standard InChI is InChI=1S/C53H59N3O4Si/c1-38-28-30-41(31-29-38)53(39-19-9-7-10-20-39,40-21-11-8-12-22-40)54-36-18-17-27-49(50(57)55-42-32-34-43(35-33-42)60-61(5,6)52(2,3)4)56(51(58)59)37-48-46-25-15-13-23-44(46)45-24-14-16-26-47(45)48/h7-16,19-26,28-35,48-49,54H,17-18,27,36-37H2,1-6H3,(H,55,57)(H,58,59). The third-order valence-electron chi connectivity index (χ3n) is 12.8. The highest BCUT2D eigenvalue weighted by Gasteiger charge is 2.40. The lowest BCUT2D eigenvalue weighted by Gasteiger charge is -2.37. The smallest absolute Gasteiger partial charge is 0.408 e. The molecule has 3 N–H and O–H groups in total. The highest BCUT2D eigenvalue weighted by atomic mass is 28.4. The Morgan fingerprint density at radius 3 is 1.72 bits per heavy atom. The number of carboxylic acid groups (broad SMARTS) is 1. The van der Waals surface area contributed by atoms with Gasteiger partial charge in [-0.05, 0) is 114 Å². The minimum atomic E-state index is -2.07. The molecule has 0 saturated carbocycles. The first-order chi connectivity index (χ1) is 29.3. The molecular formula is C53H59N3O4Si. The summed E-state index contributed by atoms with van der Waals surface area (Å²) in [4.78, 5) is 29.3. The average Bonchev–Trinajstić information content (AvgIpc) is 3.57. The molecular weight excluding hydrogens is 771 g/mol. The number of aryl methyl sites for hydroxylation is 1. The number of unbranched alkanes of at least 4 members (excludes halogenated alkanes) is 1. The third kappa shape index (κ3) is 9.36. The fourth-order valence-corrected chi connectivity index (χ4v) is 9.46. The molecule has 1 atom stereocenters. The molecule has 0 saturated heterocycles. The zero-order valence-electron chi connectivity index (χ0n) is 36.3. The van der Waals surface area contributed by atoms with Crippen LogP contribution < -0.4 is 15.1 Å². The summed E-state index contributed by atoms with van der Waals surface area (Å²) in [5.41, 5.74) is 8.88. The molecule has 7 nitrogen and oxygen atoms in total. The van der Waals surface area contributed by atoms with Crippen LogP contribution in [-0.4, -0.2) is 49.5 Å². The van der Waals surface area contributed by atoms with E-state index in [2.05, 4.69) is 148 Å². The summed E-state index contributed by atoms with van der Waals surface area (Å²) >= 11 is 0. The van der Waals surface area contributed by atoms with Crippen molar-refractivity contribution >= 4 is 26.0 Å². The van der Waals surface area contributed by atoms with E-state index in [1.165, 1.54) is 10.5 Å². The summed E-state index contributed by atoms with van der Waals surface area (Å²) in [7, 11) is -2.07. The summed E-state index contributed by atoms with van der Waals surface area (Å²) in [5.74, 6) is 0.196. The van der Waals surface area contributed by atoms with Crippen LogP contribution in [0.5, 0.6) is 5.75 Å². The summed E-state index contributed by atoms with van der Waals surface area (Å²) in [5, 5.41) is 18.0. The minimum Gasteiger partial charge on any atom is -0.544 e. The van der Waals surface area contributed by atoms with Gasteiger partial charge in [0.2, 0.25) is 14.2 Å². The number of fused-ring (bicyclic) bond motifs is 3. The molecule has 61 heavy (non-hydrogen) atoms. The summed E-state index contributed by atoms with van der Waals surface area (Å²) in [6.45, 7) is 13.9. The number of carbonyl (C=O) groups is 2. The van der Waals surface area contributed by atoms with Crippen LogP contribution in [0.3, 0.4) is 0 Å². The molecule has 0 aliphatic heterocycles. The van der Waals surface area contributed by atoms with Crippen LogP contribution in [0, 0.1) is 6.92 Å². The lowest BCUT2D eigenvalue weighted by molar-refractivity contribution is -0.121. The second-order valence-electron chi connectivity index (χ2n) is 17.8. The van der Waals surface area contributed by atoms with Gasteiger partial charge in [0, 0.05) is 18.2 Å². The van der Waals surface area contributed by atoms with Crippen LogP contribution in [0.15, 0.2) is 158 Å². The Hall–Kier alpha value is -5.96. The zero-order chi connectivity index (χ0) is 43.2. The number of hydrogen-bond acceptors (Lipinski definition) is 4. The first-order valence-corrected chi connectivity index (χ1v) is 24.4. The molecule has 0 fully saturated rings. The first kappa shape index (κ1) is 43.1. The van der Waals surface area contributed by atoms with Crippen LogP contribution in [0.1, 0.15) is 79.3 Å². The second-order valence-corrected chi connectivity index (χ2v) is 22.5. The molecule has 0 aromatic heterocycles. The maximum atomic E-state index is 14.5. The lowest BCUT2D eigenvalue weighted by atomic mass is 9.76. The van der Waals surface area contributed by atoms with Gasteiger partial charge in [-0.25, -0.2) is 4.79 Å². The number of benzene rings is 6. The Balaban J connectivity index is 1.15. The highest BCUT2D eigenvalue weighted by molar-refractivity contribution is 6.74. The van der Waals surface area contributed by atoms with Gasteiger partial charge in [0.05, 0.1) is 5.54 Å². The van der Waals surface area contributed by atoms with Gasteiger partial charge in [0.25, 0.3) is 0 Å². The van der Waals surface area contributed by atoms with Crippen molar-refractivity contribution in [3.63, 3.8) is 0 Å². The van der Waals surface area contributed by atoms with Crippen molar-refractivity contribution in [2.45, 2.75) is 82.6 Å². The number of hydrogen-bond donors (Lipinski definition) is 3. The van der Waals surface area contributed by atoms with E-state index in [0.29, 0.717) is 31.5 Å². The number of rotatable bonds is 16. The van der Waals surface area contributed by atoms with E-state index in [9.17, 15) is 14.7 Å². The molecule has 0 spiro atoms. The van der Waals surface area contributed by atoms with Gasteiger partial charge in [-0.1, -0.05) is 160 Å². The van der Waals surface area contributed by atoms with E-state index < -0.39 is 26.0 Å². The van der Waals surface area contributed by atoms with Crippen LogP contribution in [0.2, 0.25) is 18.1 Å². The number of anilines is 1. The Kier molecular flexibility index (Phi) is 13.0. The van der Waals surface area contributed by atoms with E-state index in [0.717, 1.165) is 44.7 Å². The number of carbonyl (C=O) groups excluding carboxylic acids is 1. The first-order valence-electron chi connectivity index (χ1n) is 21.5. The van der Waals surface area contributed by atoms with Crippen molar-refractivity contribution in [3.8, 4) is 16.9 Å². The topological polar surface area (TPSA) is 90.9 Å². The van der Waals surface area contributed by atoms with Crippen LogP contribution in [-0.2, 0) is 10.3 Å². The minimum absolute atomic E-state index is 0.0362. The fourth-order valence-electron chi connectivity index (χ4n) is 8.42. The van der Waals surface area contributed by atoms with Gasteiger partial charge < -0.3 is 14.8 Å². The van der Waals surface area contributed by atoms with Crippen molar-refractivity contribution in [1.29, 1.82) is 0 Å². The Bertz CT molecular complexity index is 2330. The maximum absolute atomic E-state index is 14.5. The molecule has 0 radical (unpaired) electrons. The third-order valence-corrected chi connectivity index (χ3v) is 17.1. The maximum Gasteiger partial charge on any atom is 0.408 e. The normalized spacial score (nSPS) is 13.2. The summed E-state index contributed by atoms with van der Waals surface area (Å²) in [6, 6.07) is 52.6. The second kappa shape index (κ2) is 18.3. The Morgan fingerprint density at radius 2 is 1.20 bits per heavy atom. The van der Waals surface area contributed by atoms with Gasteiger partial charge in [-0.3, -0.25) is 15.0 Å². The van der Waals surface area contributed by atoms with E-state index in [4.69, 9.17) is 4.43 Å². The molecule has 314 valence electrons. The molecule has 2 amide bonds. The molecule has 8 heteroatoms. The Labute approximate surface area is 363 Å². The highest BCUT2D eigenvalue weighted by Crippen LogP contribution is 2.45. The van der Waals surface area contributed by atoms with Gasteiger partial charge in [-0.15, -0.1) is 0 Å². The van der Waals surface area contributed by atoms with Crippen molar-refractivity contribution in [2.75, 3.05) is 18.4 Å². The molecule has 1 aliphatic carbocycles. The Morgan fingerprint density at radius 1 is 0.689 bits per heavy atom. The molecule has 0 heterocycles. The predicted molar refractivity (Wildman–Crippen MR) is 251 cm³/mol. The van der Waals surface area contributed by atoms with Crippen molar-refractivity contribution in [1.82, 2.24) is 10.2 Å². The quantitative estimate of drug-likeness (QED) is 0.0513. The zero-order valence-corrected chi connectivity index (χ0v) is 37.3. The van der Waals surface area contributed by atoms with Crippen molar-refractivity contribution in [3.05, 3.63) is 191 Å². The molecule has 0 bridgehead atoms. The van der Waals surface area contributed by atoms with Crippen molar-refractivity contribution in [2.24, 2.45) is 0 Å². The SMILES string of the molecule is Cc1ccc(C(NCCCCC(C(=O)Nc2ccc(O[Si](C)(C)C(C)(C)C)cc2)N(CC2c3ccccc3-c3ccccc32)C(=O)O)(c2ccccc2)c2ccccc2)cc1. The number of nitrogens with zero attached hydrogens (tertiary/aromatic N) is 1. The summed E-state index contributed by atoms with van der Waals surface area (Å²) < 4.78 is 6.50. The van der Waals surface area contributed by atoms with Crippen LogP contribution in [0.25, 0.3) is 11.1 Å². The van der Waals surface area contributed by atoms with E-state index in [1.807, 2.05) is 60.7 Å². The monoisotopic (exact) mass is 829 g/mol. The van der Waals surface area contributed by atoms with Crippen LogP contribution in [0.4, 0.5) is 10.5 Å². The largest absolute Gasteiger partial charge is 0.544 e. The van der Waals surface area contributed by atoms with E-state index in [-0.39, 0.29) is 23.4 Å². The predicted octanol–water partition coefficient (Wildman–Crippen LogP) is 12.2. The number of nitrogens with one attached hydrogen (secondary N) is 2. The van der Waals surface area contributed by atoms with Gasteiger partial charge in [0.15, 0.2) is 0 Å². The molecule has 6 aromatic carbocycles. The lowest BCUT2D eigenvalue weighted by Crippen LogP contribution is -2.48. The van der Waals surface area contributed by atoms with Crippen LogP contribution >= 0.6 is 0 Å². The number of amides is 2. The van der Waals surface area contributed by atoms with E-state index >= 15 is 0 Å². The van der Waals surface area contributed by atoms with Crippen molar-refractivity contribution < 1.29 is 19.1 Å². The average molecular weight is 830 g/mol. The molecule has 1 aliphatic rings. The molecule has 1 unspecified atom stereocenters. The van der Waals surface area contributed by atoms with Gasteiger partial charge in [0.1, 0.15) is 11.8 Å². The summed E-state index contributed by atoms with van der Waals surface area (Å²) in [6.07, 6.45) is 0.541. The van der Waals surface area contributed by atoms with Gasteiger partial charge in [-0.2, -0.15) is 0 Å². The van der Waals surface area contributed by atoms with Gasteiger partial charge >= 0.3 is 6.09 Å². The molecule has 6 aromatic rings. The molecule has 7 rings (SSSR count). The van der Waals surface area contributed by atoms with E-state index in [1.54, 1.807) is 0 Å².